The molecule has 0 aliphatic heterocycles. The van der Waals surface area contributed by atoms with Crippen LogP contribution in [0.4, 0.5) is 5.69 Å². The van der Waals surface area contributed by atoms with Gasteiger partial charge < -0.3 is 10.4 Å². The van der Waals surface area contributed by atoms with Crippen LogP contribution in [0, 0.1) is 15.5 Å². The maximum Gasteiger partial charge on any atom is 0.270 e. The van der Waals surface area contributed by atoms with E-state index in [9.17, 15) is 14.9 Å². The Morgan fingerprint density at radius 2 is 2.20 bits per heavy atom. The quantitative estimate of drug-likeness (QED) is 0.617. The van der Waals surface area contributed by atoms with Crippen LogP contribution in [0.1, 0.15) is 18.4 Å². The smallest absolute Gasteiger partial charge is 0.270 e. The molecule has 1 aromatic carbocycles. The van der Waals surface area contributed by atoms with Crippen LogP contribution in [0.2, 0.25) is 5.02 Å². The fourth-order valence-electron chi connectivity index (χ4n) is 1.88. The molecular weight excluding hydrogens is 284 g/mol. The zero-order valence-corrected chi connectivity index (χ0v) is 11.5. The van der Waals surface area contributed by atoms with Crippen molar-refractivity contribution in [3.63, 3.8) is 0 Å². The highest BCUT2D eigenvalue weighted by molar-refractivity contribution is 6.31. The molecule has 6 nitrogen and oxygen atoms in total. The number of carbonyl (C=O) groups excluding carboxylic acids is 1. The zero-order chi connectivity index (χ0) is 14.8. The Morgan fingerprint density at radius 1 is 1.50 bits per heavy atom. The van der Waals surface area contributed by atoms with Crippen molar-refractivity contribution in [3.05, 3.63) is 38.9 Å². The van der Waals surface area contributed by atoms with Crippen molar-refractivity contribution in [1.29, 1.82) is 0 Å². The molecule has 0 unspecified atom stereocenters. The molecule has 0 radical (unpaired) electrons. The summed E-state index contributed by atoms with van der Waals surface area (Å²) in [5, 5.41) is 22.7. The molecule has 1 aliphatic carbocycles. The summed E-state index contributed by atoms with van der Waals surface area (Å²) in [7, 11) is 0. The molecule has 0 atom stereocenters. The van der Waals surface area contributed by atoms with Crippen LogP contribution in [0.25, 0.3) is 0 Å². The highest BCUT2D eigenvalue weighted by Crippen LogP contribution is 2.44. The molecule has 0 bridgehead atoms. The van der Waals surface area contributed by atoms with Gasteiger partial charge in [-0.1, -0.05) is 17.7 Å². The number of hydrogen-bond acceptors (Lipinski definition) is 4. The van der Waals surface area contributed by atoms with Gasteiger partial charge in [0.25, 0.3) is 5.69 Å². The fourth-order valence-corrected chi connectivity index (χ4v) is 2.12. The van der Waals surface area contributed by atoms with Crippen LogP contribution in [0.15, 0.2) is 18.2 Å². The second-order valence-electron chi connectivity index (χ2n) is 5.14. The average molecular weight is 299 g/mol. The molecule has 108 valence electrons. The molecule has 1 fully saturated rings. The highest BCUT2D eigenvalue weighted by Gasteiger charge is 2.42. The lowest BCUT2D eigenvalue weighted by atomic mass is 10.1. The lowest BCUT2D eigenvalue weighted by molar-refractivity contribution is -0.384. The molecule has 2 N–H and O–H groups in total. The number of aliphatic hydroxyl groups is 1. The summed E-state index contributed by atoms with van der Waals surface area (Å²) in [6, 6.07) is 4.05. The van der Waals surface area contributed by atoms with Crippen molar-refractivity contribution in [1.82, 2.24) is 5.32 Å². The number of aliphatic hydroxyl groups excluding tert-OH is 1. The lowest BCUT2D eigenvalue weighted by Gasteiger charge is -2.13. The molecule has 0 aromatic heterocycles. The number of nitro benzene ring substituents is 1. The SMILES string of the molecule is O=C(Cc1ccc([N+](=O)[O-])cc1Cl)NCC1(CO)CC1. The first-order chi connectivity index (χ1) is 9.46. The minimum atomic E-state index is -0.534. The van der Waals surface area contributed by atoms with Gasteiger partial charge in [-0.05, 0) is 18.4 Å². The second kappa shape index (κ2) is 5.76. The molecular formula is C13H15ClN2O4. The zero-order valence-electron chi connectivity index (χ0n) is 10.8. The third-order valence-corrected chi connectivity index (χ3v) is 3.90. The van der Waals surface area contributed by atoms with Gasteiger partial charge in [-0.25, -0.2) is 0 Å². The van der Waals surface area contributed by atoms with Gasteiger partial charge in [0.15, 0.2) is 0 Å². The molecule has 0 spiro atoms. The Morgan fingerprint density at radius 3 is 2.70 bits per heavy atom. The maximum absolute atomic E-state index is 11.8. The van der Waals surface area contributed by atoms with E-state index >= 15 is 0 Å². The van der Waals surface area contributed by atoms with Crippen LogP contribution in [0.3, 0.4) is 0 Å². The van der Waals surface area contributed by atoms with Gasteiger partial charge in [-0.3, -0.25) is 14.9 Å². The number of nitrogens with one attached hydrogen (secondary N) is 1. The van der Waals surface area contributed by atoms with Crippen LogP contribution < -0.4 is 5.32 Å². The summed E-state index contributed by atoms with van der Waals surface area (Å²) in [5.74, 6) is -0.208. The van der Waals surface area contributed by atoms with E-state index in [-0.39, 0.29) is 35.1 Å². The molecule has 1 aliphatic rings. The Labute approximate surface area is 120 Å². The van der Waals surface area contributed by atoms with Crippen LogP contribution in [0.5, 0.6) is 0 Å². The summed E-state index contributed by atoms with van der Waals surface area (Å²) in [6.07, 6.45) is 1.91. The van der Waals surface area contributed by atoms with Gasteiger partial charge >= 0.3 is 0 Å². The van der Waals surface area contributed by atoms with Crippen molar-refractivity contribution < 1.29 is 14.8 Å². The first-order valence-corrected chi connectivity index (χ1v) is 6.64. The third-order valence-electron chi connectivity index (χ3n) is 3.55. The first-order valence-electron chi connectivity index (χ1n) is 6.26. The number of nitro groups is 1. The van der Waals surface area contributed by atoms with Crippen LogP contribution >= 0.6 is 11.6 Å². The van der Waals surface area contributed by atoms with Gasteiger partial charge in [0.1, 0.15) is 0 Å². The number of rotatable bonds is 6. The molecule has 1 saturated carbocycles. The number of carbonyl (C=O) groups is 1. The lowest BCUT2D eigenvalue weighted by Crippen LogP contribution is -2.32. The average Bonchev–Trinajstić information content (AvgIpc) is 3.19. The summed E-state index contributed by atoms with van der Waals surface area (Å²) in [6.45, 7) is 0.526. The van der Waals surface area contributed by atoms with Crippen molar-refractivity contribution in [2.24, 2.45) is 5.41 Å². The normalized spacial score (nSPS) is 15.7. The fraction of sp³-hybridized carbons (Fsp3) is 0.462. The highest BCUT2D eigenvalue weighted by atomic mass is 35.5. The predicted octanol–water partition coefficient (Wildman–Crippen LogP) is 1.68. The van der Waals surface area contributed by atoms with Crippen molar-refractivity contribution in [2.45, 2.75) is 19.3 Å². The Kier molecular flexibility index (Phi) is 4.25. The van der Waals surface area contributed by atoms with E-state index in [1.165, 1.54) is 18.2 Å². The molecule has 0 heterocycles. The van der Waals surface area contributed by atoms with Gasteiger partial charge in [-0.2, -0.15) is 0 Å². The minimum Gasteiger partial charge on any atom is -0.396 e. The summed E-state index contributed by atoms with van der Waals surface area (Å²) < 4.78 is 0. The minimum absolute atomic E-state index is 0.0678. The van der Waals surface area contributed by atoms with E-state index in [0.29, 0.717) is 12.1 Å². The largest absolute Gasteiger partial charge is 0.396 e. The van der Waals surface area contributed by atoms with Gasteiger partial charge in [0.2, 0.25) is 5.91 Å². The molecule has 7 heteroatoms. The van der Waals surface area contributed by atoms with E-state index in [1.54, 1.807) is 0 Å². The number of non-ortho nitro benzene ring substituents is 1. The number of halogens is 1. The maximum atomic E-state index is 11.8. The van der Waals surface area contributed by atoms with Crippen molar-refractivity contribution >= 4 is 23.2 Å². The number of benzene rings is 1. The number of hydrogen-bond donors (Lipinski definition) is 2. The van der Waals surface area contributed by atoms with Crippen molar-refractivity contribution in [2.75, 3.05) is 13.2 Å². The Bertz CT molecular complexity index is 543. The summed E-state index contributed by atoms with van der Waals surface area (Å²) in [4.78, 5) is 21.8. The first kappa shape index (κ1) is 14.7. The van der Waals surface area contributed by atoms with Gasteiger partial charge in [0.05, 0.1) is 23.0 Å². The van der Waals surface area contributed by atoms with E-state index in [2.05, 4.69) is 5.32 Å². The number of amides is 1. The monoisotopic (exact) mass is 298 g/mol. The molecule has 20 heavy (non-hydrogen) atoms. The third kappa shape index (κ3) is 3.46. The number of nitrogens with zero attached hydrogens (tertiary/aromatic N) is 1. The van der Waals surface area contributed by atoms with E-state index in [0.717, 1.165) is 12.8 Å². The molecule has 1 aromatic rings. The Balaban J connectivity index is 1.92. The van der Waals surface area contributed by atoms with Gasteiger partial charge in [-0.15, -0.1) is 0 Å². The molecule has 2 rings (SSSR count). The standard InChI is InChI=1S/C13H15ClN2O4/c14-11-6-10(16(19)20)2-1-9(11)5-12(18)15-7-13(8-17)3-4-13/h1-2,6,17H,3-5,7-8H2,(H,15,18). The van der Waals surface area contributed by atoms with E-state index in [1.807, 2.05) is 0 Å². The second-order valence-corrected chi connectivity index (χ2v) is 5.55. The van der Waals surface area contributed by atoms with E-state index < -0.39 is 4.92 Å². The summed E-state index contributed by atoms with van der Waals surface area (Å²) in [5.41, 5.74) is 0.301. The van der Waals surface area contributed by atoms with E-state index in [4.69, 9.17) is 16.7 Å². The molecule has 0 saturated heterocycles. The Hall–Kier alpha value is -1.66. The van der Waals surface area contributed by atoms with Gasteiger partial charge in [0, 0.05) is 24.1 Å². The topological polar surface area (TPSA) is 92.5 Å². The predicted molar refractivity (Wildman–Crippen MR) is 73.6 cm³/mol. The van der Waals surface area contributed by atoms with Crippen molar-refractivity contribution in [3.8, 4) is 0 Å². The van der Waals surface area contributed by atoms with Crippen LogP contribution in [-0.2, 0) is 11.2 Å². The summed E-state index contributed by atoms with van der Waals surface area (Å²) >= 11 is 5.92. The van der Waals surface area contributed by atoms with Crippen LogP contribution in [-0.4, -0.2) is 29.1 Å². The molecule has 1 amide bonds.